The topological polar surface area (TPSA) is 85.5 Å². The van der Waals surface area contributed by atoms with E-state index < -0.39 is 10.0 Å². The van der Waals surface area contributed by atoms with Crippen LogP contribution >= 0.6 is 0 Å². The Balaban J connectivity index is 1.27. The highest BCUT2D eigenvalue weighted by Crippen LogP contribution is 2.39. The number of aromatic nitrogens is 2. The molecule has 0 aromatic carbocycles. The van der Waals surface area contributed by atoms with Crippen LogP contribution in [0.15, 0.2) is 4.52 Å². The van der Waals surface area contributed by atoms with Crippen LogP contribution in [-0.2, 0) is 20.5 Å². The molecule has 3 aliphatic rings. The maximum absolute atomic E-state index is 12.4. The van der Waals surface area contributed by atoms with Crippen LogP contribution in [0.25, 0.3) is 0 Å². The maximum atomic E-state index is 12.4. The van der Waals surface area contributed by atoms with E-state index in [0.717, 1.165) is 25.7 Å². The van der Waals surface area contributed by atoms with E-state index in [-0.39, 0.29) is 17.7 Å². The summed E-state index contributed by atoms with van der Waals surface area (Å²) in [5.74, 6) is 1.01. The number of nitrogens with zero attached hydrogens (tertiary/aromatic N) is 3. The third-order valence-electron chi connectivity index (χ3n) is 4.87. The fourth-order valence-corrected chi connectivity index (χ4v) is 4.68. The summed E-state index contributed by atoms with van der Waals surface area (Å²) in [4.78, 5) is 4.20. The second kappa shape index (κ2) is 6.14. The Morgan fingerprint density at radius 2 is 1.83 bits per heavy atom. The molecule has 7 nitrogen and oxygen atoms in total. The standard InChI is InChI=1S/C15H23N3O4S/c19-23(20,10-14-16-15(22-17-14)11-6-7-11)18-8-13(9-18)21-12-4-2-1-3-5-12/h11-13H,1-10H2. The first-order chi connectivity index (χ1) is 11.1. The van der Waals surface area contributed by atoms with Crippen molar-refractivity contribution in [2.75, 3.05) is 13.1 Å². The third kappa shape index (κ3) is 3.59. The van der Waals surface area contributed by atoms with Gasteiger partial charge in [0.05, 0.1) is 12.2 Å². The number of hydrogen-bond donors (Lipinski definition) is 0. The van der Waals surface area contributed by atoms with E-state index in [4.69, 9.17) is 9.26 Å². The van der Waals surface area contributed by atoms with Crippen molar-refractivity contribution in [3.05, 3.63) is 11.7 Å². The molecule has 23 heavy (non-hydrogen) atoms. The van der Waals surface area contributed by atoms with Crippen molar-refractivity contribution in [3.8, 4) is 0 Å². The summed E-state index contributed by atoms with van der Waals surface area (Å²) < 4.78 is 37.3. The minimum atomic E-state index is -3.37. The lowest BCUT2D eigenvalue weighted by Crippen LogP contribution is -2.56. The van der Waals surface area contributed by atoms with E-state index in [2.05, 4.69) is 10.1 Å². The summed E-state index contributed by atoms with van der Waals surface area (Å²) in [6.45, 7) is 0.901. The fourth-order valence-electron chi connectivity index (χ4n) is 3.26. The largest absolute Gasteiger partial charge is 0.372 e. The predicted octanol–water partition coefficient (Wildman–Crippen LogP) is 1.81. The average molecular weight is 341 g/mol. The van der Waals surface area contributed by atoms with Crippen molar-refractivity contribution in [1.29, 1.82) is 0 Å². The quantitative estimate of drug-likeness (QED) is 0.784. The molecule has 0 N–H and O–H groups in total. The van der Waals surface area contributed by atoms with Crippen molar-refractivity contribution in [2.45, 2.75) is 68.8 Å². The van der Waals surface area contributed by atoms with E-state index >= 15 is 0 Å². The third-order valence-corrected chi connectivity index (χ3v) is 6.57. The molecule has 0 spiro atoms. The van der Waals surface area contributed by atoms with Crippen molar-refractivity contribution in [2.24, 2.45) is 0 Å². The molecule has 1 saturated heterocycles. The average Bonchev–Trinajstić information content (AvgIpc) is 3.24. The molecule has 4 rings (SSSR count). The zero-order valence-electron chi connectivity index (χ0n) is 13.2. The van der Waals surface area contributed by atoms with Crippen LogP contribution in [-0.4, -0.2) is 48.2 Å². The summed E-state index contributed by atoms with van der Waals surface area (Å²) in [7, 11) is -3.37. The molecule has 0 atom stereocenters. The van der Waals surface area contributed by atoms with Gasteiger partial charge in [-0.15, -0.1) is 0 Å². The number of hydrogen-bond acceptors (Lipinski definition) is 6. The first-order valence-corrected chi connectivity index (χ1v) is 10.2. The van der Waals surface area contributed by atoms with Gasteiger partial charge in [-0.3, -0.25) is 0 Å². The highest BCUT2D eigenvalue weighted by molar-refractivity contribution is 7.88. The van der Waals surface area contributed by atoms with Crippen LogP contribution in [0.3, 0.4) is 0 Å². The molecule has 1 aromatic heterocycles. The van der Waals surface area contributed by atoms with Gasteiger partial charge in [0.2, 0.25) is 15.9 Å². The molecule has 8 heteroatoms. The van der Waals surface area contributed by atoms with Crippen LogP contribution in [0.4, 0.5) is 0 Å². The van der Waals surface area contributed by atoms with Gasteiger partial charge in [0.1, 0.15) is 5.75 Å². The molecule has 0 radical (unpaired) electrons. The molecular weight excluding hydrogens is 318 g/mol. The molecule has 1 aliphatic heterocycles. The Hall–Kier alpha value is -0.990. The van der Waals surface area contributed by atoms with Gasteiger partial charge in [-0.2, -0.15) is 9.29 Å². The summed E-state index contributed by atoms with van der Waals surface area (Å²) >= 11 is 0. The van der Waals surface area contributed by atoms with Crippen molar-refractivity contribution >= 4 is 10.0 Å². The summed E-state index contributed by atoms with van der Waals surface area (Å²) in [5, 5.41) is 3.79. The van der Waals surface area contributed by atoms with E-state index in [0.29, 0.717) is 31.0 Å². The van der Waals surface area contributed by atoms with Gasteiger partial charge in [0, 0.05) is 19.0 Å². The van der Waals surface area contributed by atoms with Gasteiger partial charge in [-0.25, -0.2) is 8.42 Å². The molecule has 3 fully saturated rings. The van der Waals surface area contributed by atoms with Crippen molar-refractivity contribution in [1.82, 2.24) is 14.4 Å². The zero-order chi connectivity index (χ0) is 15.9. The zero-order valence-corrected chi connectivity index (χ0v) is 14.0. The second-order valence-corrected chi connectivity index (χ2v) is 8.88. The Morgan fingerprint density at radius 1 is 1.09 bits per heavy atom. The van der Waals surface area contributed by atoms with Crippen LogP contribution in [0.1, 0.15) is 62.6 Å². The highest BCUT2D eigenvalue weighted by Gasteiger charge is 2.39. The molecule has 1 aromatic rings. The summed E-state index contributed by atoms with van der Waals surface area (Å²) in [6.07, 6.45) is 8.42. The first kappa shape index (κ1) is 15.5. The maximum Gasteiger partial charge on any atom is 0.229 e. The molecule has 0 amide bonds. The van der Waals surface area contributed by atoms with Gasteiger partial charge >= 0.3 is 0 Å². The molecule has 2 aliphatic carbocycles. The lowest BCUT2D eigenvalue weighted by atomic mass is 9.97. The Morgan fingerprint density at radius 3 is 2.52 bits per heavy atom. The molecular formula is C15H23N3O4S. The molecule has 2 saturated carbocycles. The molecule has 0 unspecified atom stereocenters. The van der Waals surface area contributed by atoms with Crippen molar-refractivity contribution in [3.63, 3.8) is 0 Å². The van der Waals surface area contributed by atoms with Gasteiger partial charge < -0.3 is 9.26 Å². The van der Waals surface area contributed by atoms with E-state index in [1.807, 2.05) is 0 Å². The van der Waals surface area contributed by atoms with Gasteiger partial charge in [-0.05, 0) is 25.7 Å². The first-order valence-electron chi connectivity index (χ1n) is 8.56. The van der Waals surface area contributed by atoms with Gasteiger partial charge in [-0.1, -0.05) is 24.4 Å². The fraction of sp³-hybridized carbons (Fsp3) is 0.867. The minimum Gasteiger partial charge on any atom is -0.372 e. The van der Waals surface area contributed by atoms with Gasteiger partial charge in [0.15, 0.2) is 5.82 Å². The van der Waals surface area contributed by atoms with Gasteiger partial charge in [0.25, 0.3) is 0 Å². The van der Waals surface area contributed by atoms with E-state index in [9.17, 15) is 8.42 Å². The monoisotopic (exact) mass is 341 g/mol. The lowest BCUT2D eigenvalue weighted by molar-refractivity contribution is -0.0778. The number of sulfonamides is 1. The van der Waals surface area contributed by atoms with Crippen LogP contribution in [0.2, 0.25) is 0 Å². The van der Waals surface area contributed by atoms with Crippen LogP contribution in [0.5, 0.6) is 0 Å². The lowest BCUT2D eigenvalue weighted by Gasteiger charge is -2.40. The Bertz CT molecular complexity index is 643. The second-order valence-electron chi connectivity index (χ2n) is 6.91. The molecule has 128 valence electrons. The number of rotatable bonds is 6. The highest BCUT2D eigenvalue weighted by atomic mass is 32.2. The summed E-state index contributed by atoms with van der Waals surface area (Å²) in [6, 6.07) is 0. The molecule has 0 bridgehead atoms. The Labute approximate surface area is 136 Å². The van der Waals surface area contributed by atoms with Crippen LogP contribution < -0.4 is 0 Å². The van der Waals surface area contributed by atoms with E-state index in [1.54, 1.807) is 0 Å². The predicted molar refractivity (Wildman–Crippen MR) is 82.2 cm³/mol. The Kier molecular flexibility index (Phi) is 4.15. The molecule has 2 heterocycles. The SMILES string of the molecule is O=S(=O)(Cc1noc(C2CC2)n1)N1CC(OC2CCCCC2)C1. The van der Waals surface area contributed by atoms with E-state index in [1.165, 1.54) is 23.6 Å². The summed E-state index contributed by atoms with van der Waals surface area (Å²) in [5.41, 5.74) is 0. The minimum absolute atomic E-state index is 0.0418. The van der Waals surface area contributed by atoms with Crippen molar-refractivity contribution < 1.29 is 17.7 Å². The smallest absolute Gasteiger partial charge is 0.229 e. The number of ether oxygens (including phenoxy) is 1. The van der Waals surface area contributed by atoms with Crippen LogP contribution in [0, 0.1) is 0 Å². The normalized spacial score (nSPS) is 24.7.